The van der Waals surface area contributed by atoms with Crippen LogP contribution < -0.4 is 4.90 Å². The van der Waals surface area contributed by atoms with Gasteiger partial charge in [0.2, 0.25) is 0 Å². The van der Waals surface area contributed by atoms with Crippen LogP contribution in [0.3, 0.4) is 0 Å². The molecule has 0 fully saturated rings. The summed E-state index contributed by atoms with van der Waals surface area (Å²) in [5, 5.41) is 9.82. The lowest BCUT2D eigenvalue weighted by molar-refractivity contribution is 0.669. The Labute approximate surface area is 310 Å². The van der Waals surface area contributed by atoms with E-state index in [0.29, 0.717) is 0 Å². The summed E-state index contributed by atoms with van der Waals surface area (Å²) in [5.74, 6) is 0. The standard InChI is InChI=1S/C50H31NOS/c1-2-13-35-29-36(24-23-32(35)11-1)33-25-27-38(28-26-33)51(44-20-10-14-34-12-3-4-17-40(34)44)39-16-9-15-37(30-39)43-31-46-49(41-18-5-7-21-45(41)52-46)50-48(43)42-19-6-8-22-47(42)53-50/h1-31H. The molecule has 0 aliphatic carbocycles. The second kappa shape index (κ2) is 11.9. The van der Waals surface area contributed by atoms with Gasteiger partial charge in [-0.05, 0) is 93.0 Å². The molecule has 0 amide bonds. The van der Waals surface area contributed by atoms with Crippen LogP contribution >= 0.6 is 11.3 Å². The highest BCUT2D eigenvalue weighted by atomic mass is 32.1. The lowest BCUT2D eigenvalue weighted by atomic mass is 9.96. The molecule has 0 radical (unpaired) electrons. The van der Waals surface area contributed by atoms with Crippen molar-refractivity contribution in [3.05, 3.63) is 188 Å². The van der Waals surface area contributed by atoms with Crippen LogP contribution in [0.2, 0.25) is 0 Å². The fraction of sp³-hybridized carbons (Fsp3) is 0. The monoisotopic (exact) mass is 693 g/mol. The van der Waals surface area contributed by atoms with Crippen LogP contribution in [-0.2, 0) is 0 Å². The Morgan fingerprint density at radius 1 is 0.396 bits per heavy atom. The molecule has 53 heavy (non-hydrogen) atoms. The summed E-state index contributed by atoms with van der Waals surface area (Å²) in [6.07, 6.45) is 0. The molecule has 248 valence electrons. The van der Waals surface area contributed by atoms with E-state index < -0.39 is 0 Å². The van der Waals surface area contributed by atoms with Crippen molar-refractivity contribution in [3.63, 3.8) is 0 Å². The molecule has 0 N–H and O–H groups in total. The number of benzene rings is 9. The number of para-hydroxylation sites is 1. The number of nitrogens with zero attached hydrogens (tertiary/aromatic N) is 1. The molecule has 2 nitrogen and oxygen atoms in total. The molecule has 2 aromatic heterocycles. The maximum absolute atomic E-state index is 6.55. The highest BCUT2D eigenvalue weighted by Gasteiger charge is 2.21. The van der Waals surface area contributed by atoms with E-state index in [9.17, 15) is 0 Å². The summed E-state index contributed by atoms with van der Waals surface area (Å²) in [6, 6.07) is 67.9. The molecule has 0 atom stereocenters. The molecule has 2 heterocycles. The van der Waals surface area contributed by atoms with Crippen LogP contribution in [0.4, 0.5) is 17.1 Å². The molecule has 0 bridgehead atoms. The molecule has 11 rings (SSSR count). The third kappa shape index (κ3) is 4.86. The third-order valence-electron chi connectivity index (χ3n) is 10.6. The summed E-state index contributed by atoms with van der Waals surface area (Å²) in [6.45, 7) is 0. The van der Waals surface area contributed by atoms with Gasteiger partial charge in [-0.25, -0.2) is 0 Å². The molecule has 0 unspecified atom stereocenters. The van der Waals surface area contributed by atoms with Gasteiger partial charge in [0.1, 0.15) is 11.2 Å². The summed E-state index contributed by atoms with van der Waals surface area (Å²) in [5.41, 5.74) is 9.89. The first-order chi connectivity index (χ1) is 26.3. The van der Waals surface area contributed by atoms with Crippen LogP contribution in [-0.4, -0.2) is 0 Å². The van der Waals surface area contributed by atoms with Gasteiger partial charge < -0.3 is 9.32 Å². The van der Waals surface area contributed by atoms with Crippen molar-refractivity contribution in [2.45, 2.75) is 0 Å². The predicted octanol–water partition coefficient (Wildman–Crippen LogP) is 15.1. The Hall–Kier alpha value is -6.68. The summed E-state index contributed by atoms with van der Waals surface area (Å²) < 4.78 is 9.10. The number of thiophene rings is 1. The molecule has 0 saturated carbocycles. The van der Waals surface area contributed by atoms with Crippen molar-refractivity contribution in [1.82, 2.24) is 0 Å². The molecular weight excluding hydrogens is 663 g/mol. The molecular formula is C50H31NOS. The molecule has 0 aliphatic heterocycles. The van der Waals surface area contributed by atoms with Crippen molar-refractivity contribution in [2.24, 2.45) is 0 Å². The minimum Gasteiger partial charge on any atom is -0.456 e. The topological polar surface area (TPSA) is 16.4 Å². The number of hydrogen-bond acceptors (Lipinski definition) is 3. The predicted molar refractivity (Wildman–Crippen MR) is 227 cm³/mol. The third-order valence-corrected chi connectivity index (χ3v) is 11.8. The summed E-state index contributed by atoms with van der Waals surface area (Å²) in [4.78, 5) is 2.40. The van der Waals surface area contributed by atoms with E-state index in [2.05, 4.69) is 187 Å². The number of furan rings is 1. The molecule has 0 saturated heterocycles. The van der Waals surface area contributed by atoms with E-state index in [0.717, 1.165) is 39.2 Å². The van der Waals surface area contributed by atoms with Gasteiger partial charge in [0, 0.05) is 47.7 Å². The molecule has 11 aromatic rings. The fourth-order valence-electron chi connectivity index (χ4n) is 8.13. The van der Waals surface area contributed by atoms with E-state index in [1.807, 2.05) is 17.4 Å². The van der Waals surface area contributed by atoms with E-state index in [1.165, 1.54) is 63.8 Å². The first kappa shape index (κ1) is 30.0. The zero-order chi connectivity index (χ0) is 34.9. The minimum atomic E-state index is 0.917. The first-order valence-corrected chi connectivity index (χ1v) is 18.8. The average Bonchev–Trinajstić information content (AvgIpc) is 3.80. The van der Waals surface area contributed by atoms with Gasteiger partial charge in [-0.1, -0.05) is 133 Å². The highest BCUT2D eigenvalue weighted by Crippen LogP contribution is 2.48. The Balaban J connectivity index is 1.11. The zero-order valence-corrected chi connectivity index (χ0v) is 29.5. The maximum atomic E-state index is 6.55. The van der Waals surface area contributed by atoms with Crippen LogP contribution in [0.5, 0.6) is 0 Å². The Morgan fingerprint density at radius 2 is 1.09 bits per heavy atom. The van der Waals surface area contributed by atoms with Gasteiger partial charge >= 0.3 is 0 Å². The van der Waals surface area contributed by atoms with E-state index in [-0.39, 0.29) is 0 Å². The smallest absolute Gasteiger partial charge is 0.137 e. The Kier molecular flexibility index (Phi) is 6.76. The van der Waals surface area contributed by atoms with E-state index >= 15 is 0 Å². The lowest BCUT2D eigenvalue weighted by Gasteiger charge is -2.27. The quantitative estimate of drug-likeness (QED) is 0.178. The van der Waals surface area contributed by atoms with Crippen LogP contribution in [0.25, 0.3) is 85.9 Å². The Bertz CT molecular complexity index is 3180. The van der Waals surface area contributed by atoms with Gasteiger partial charge in [0.25, 0.3) is 0 Å². The number of hydrogen-bond donors (Lipinski definition) is 0. The highest BCUT2D eigenvalue weighted by molar-refractivity contribution is 7.27. The number of rotatable bonds is 5. The zero-order valence-electron chi connectivity index (χ0n) is 28.7. The maximum Gasteiger partial charge on any atom is 0.137 e. The lowest BCUT2D eigenvalue weighted by Crippen LogP contribution is -2.10. The summed E-state index contributed by atoms with van der Waals surface area (Å²) >= 11 is 1.85. The molecule has 0 spiro atoms. The molecule has 3 heteroatoms. The van der Waals surface area contributed by atoms with Crippen LogP contribution in [0.1, 0.15) is 0 Å². The second-order valence-electron chi connectivity index (χ2n) is 13.7. The SMILES string of the molecule is c1cc(-c2cc3oc4ccccc4c3c3sc4ccccc4c23)cc(N(c2ccc(-c3ccc4ccccc4c3)cc2)c2cccc3ccccc23)c1. The molecule has 0 aliphatic rings. The minimum absolute atomic E-state index is 0.917. The fourth-order valence-corrected chi connectivity index (χ4v) is 9.42. The van der Waals surface area contributed by atoms with Crippen molar-refractivity contribution in [1.29, 1.82) is 0 Å². The number of fused-ring (bicyclic) bond motifs is 9. The van der Waals surface area contributed by atoms with Gasteiger partial charge in [-0.2, -0.15) is 0 Å². The van der Waals surface area contributed by atoms with E-state index in [1.54, 1.807) is 0 Å². The van der Waals surface area contributed by atoms with E-state index in [4.69, 9.17) is 4.42 Å². The Morgan fingerprint density at radius 3 is 1.98 bits per heavy atom. The van der Waals surface area contributed by atoms with Gasteiger partial charge in [-0.15, -0.1) is 11.3 Å². The van der Waals surface area contributed by atoms with Crippen molar-refractivity contribution < 1.29 is 4.42 Å². The molecule has 9 aromatic carbocycles. The summed E-state index contributed by atoms with van der Waals surface area (Å²) in [7, 11) is 0. The second-order valence-corrected chi connectivity index (χ2v) is 14.7. The normalized spacial score (nSPS) is 11.8. The van der Waals surface area contributed by atoms with Crippen molar-refractivity contribution in [3.8, 4) is 22.3 Å². The largest absolute Gasteiger partial charge is 0.456 e. The van der Waals surface area contributed by atoms with Gasteiger partial charge in [0.15, 0.2) is 0 Å². The van der Waals surface area contributed by atoms with Gasteiger partial charge in [-0.3, -0.25) is 0 Å². The van der Waals surface area contributed by atoms with Crippen molar-refractivity contribution in [2.75, 3.05) is 4.90 Å². The average molecular weight is 694 g/mol. The van der Waals surface area contributed by atoms with Crippen LogP contribution in [0.15, 0.2) is 192 Å². The van der Waals surface area contributed by atoms with Crippen LogP contribution in [0, 0.1) is 0 Å². The van der Waals surface area contributed by atoms with Crippen molar-refractivity contribution >= 4 is 92.1 Å². The first-order valence-electron chi connectivity index (χ1n) is 18.0. The number of anilines is 3. The van der Waals surface area contributed by atoms with Gasteiger partial charge in [0.05, 0.1) is 5.69 Å².